The molecule has 0 fully saturated rings. The second-order valence-corrected chi connectivity index (χ2v) is 4.48. The molecule has 0 aliphatic heterocycles. The van der Waals surface area contributed by atoms with Gasteiger partial charge in [0, 0.05) is 0 Å². The predicted molar refractivity (Wildman–Crippen MR) is 53.1 cm³/mol. The van der Waals surface area contributed by atoms with E-state index in [4.69, 9.17) is 58.0 Å². The standard InChI is InChI=1S/C6H3Cl5O/c7-2-1-6(11,12)5(10)4(9)3(2)8/h1,5,12H. The van der Waals surface area contributed by atoms with Crippen LogP contribution < -0.4 is 0 Å². The number of halogens is 5. The van der Waals surface area contributed by atoms with Crippen LogP contribution in [0.2, 0.25) is 0 Å². The number of allylic oxidation sites excluding steroid dienone is 2. The van der Waals surface area contributed by atoms with Gasteiger partial charge in [-0.1, -0.05) is 46.4 Å². The minimum Gasteiger partial charge on any atom is -0.370 e. The van der Waals surface area contributed by atoms with E-state index in [-0.39, 0.29) is 15.1 Å². The van der Waals surface area contributed by atoms with Crippen LogP contribution in [0.1, 0.15) is 0 Å². The summed E-state index contributed by atoms with van der Waals surface area (Å²) < 4.78 is 0. The van der Waals surface area contributed by atoms with Crippen molar-refractivity contribution in [2.45, 2.75) is 10.4 Å². The van der Waals surface area contributed by atoms with Gasteiger partial charge in [0.2, 0.25) is 0 Å². The van der Waals surface area contributed by atoms with E-state index in [9.17, 15) is 5.11 Å². The first-order valence-corrected chi connectivity index (χ1v) is 4.80. The molecule has 1 aliphatic rings. The molecule has 1 N–H and O–H groups in total. The van der Waals surface area contributed by atoms with E-state index in [2.05, 4.69) is 0 Å². The van der Waals surface area contributed by atoms with Crippen LogP contribution in [0, 0.1) is 0 Å². The highest BCUT2D eigenvalue weighted by Gasteiger charge is 2.39. The number of rotatable bonds is 0. The van der Waals surface area contributed by atoms with Crippen molar-refractivity contribution < 1.29 is 5.11 Å². The Hall–Kier alpha value is 0.890. The second kappa shape index (κ2) is 3.56. The molecular weight excluding hydrogens is 265 g/mol. The average Bonchev–Trinajstić information content (AvgIpc) is 1.97. The molecule has 0 heterocycles. The zero-order chi connectivity index (χ0) is 9.52. The summed E-state index contributed by atoms with van der Waals surface area (Å²) in [6, 6.07) is 0. The molecule has 2 unspecified atom stereocenters. The van der Waals surface area contributed by atoms with Gasteiger partial charge in [-0.25, -0.2) is 0 Å². The molecule has 1 aliphatic carbocycles. The molecule has 0 spiro atoms. The van der Waals surface area contributed by atoms with Gasteiger partial charge in [0.15, 0.2) is 5.06 Å². The SMILES string of the molecule is OC1(Cl)C=C(Cl)C(Cl)=C(Cl)C1Cl. The molecule has 0 saturated heterocycles. The van der Waals surface area contributed by atoms with E-state index in [0.29, 0.717) is 0 Å². The predicted octanol–water partition coefficient (Wildman–Crippen LogP) is 3.35. The molecule has 0 saturated carbocycles. The van der Waals surface area contributed by atoms with Crippen LogP contribution in [0.3, 0.4) is 0 Å². The van der Waals surface area contributed by atoms with Crippen LogP contribution in [0.15, 0.2) is 21.2 Å². The van der Waals surface area contributed by atoms with E-state index in [1.54, 1.807) is 0 Å². The summed E-state index contributed by atoms with van der Waals surface area (Å²) in [6.45, 7) is 0. The monoisotopic (exact) mass is 266 g/mol. The Morgan fingerprint density at radius 3 is 2.33 bits per heavy atom. The van der Waals surface area contributed by atoms with Gasteiger partial charge in [-0.05, 0) is 6.08 Å². The van der Waals surface area contributed by atoms with Gasteiger partial charge in [0.25, 0.3) is 0 Å². The van der Waals surface area contributed by atoms with Crippen LogP contribution in [0.5, 0.6) is 0 Å². The maximum atomic E-state index is 9.40. The number of hydrogen-bond donors (Lipinski definition) is 1. The Kier molecular flexibility index (Phi) is 3.26. The van der Waals surface area contributed by atoms with Crippen LogP contribution in [-0.2, 0) is 0 Å². The minimum absolute atomic E-state index is 0.0448. The third-order valence-corrected chi connectivity index (χ3v) is 3.73. The fourth-order valence-electron chi connectivity index (χ4n) is 0.717. The normalized spacial score (nSPS) is 36.8. The highest BCUT2D eigenvalue weighted by atomic mass is 35.5. The lowest BCUT2D eigenvalue weighted by atomic mass is 10.1. The van der Waals surface area contributed by atoms with Crippen molar-refractivity contribution in [1.82, 2.24) is 0 Å². The van der Waals surface area contributed by atoms with Crippen molar-refractivity contribution in [3.63, 3.8) is 0 Å². The van der Waals surface area contributed by atoms with Crippen molar-refractivity contribution in [2.24, 2.45) is 0 Å². The zero-order valence-electron chi connectivity index (χ0n) is 5.49. The van der Waals surface area contributed by atoms with E-state index in [0.717, 1.165) is 6.08 Å². The van der Waals surface area contributed by atoms with Crippen molar-refractivity contribution in [3.05, 3.63) is 21.2 Å². The fourth-order valence-corrected chi connectivity index (χ4v) is 2.02. The molecule has 0 amide bonds. The van der Waals surface area contributed by atoms with Crippen LogP contribution in [0.25, 0.3) is 0 Å². The molecule has 0 aromatic heterocycles. The first-order chi connectivity index (χ1) is 5.36. The molecule has 0 bridgehead atoms. The maximum absolute atomic E-state index is 9.40. The summed E-state index contributed by atoms with van der Waals surface area (Å²) in [4.78, 5) is 0. The first kappa shape index (κ1) is 11.0. The van der Waals surface area contributed by atoms with Gasteiger partial charge in [-0.2, -0.15) is 0 Å². The Morgan fingerprint density at radius 1 is 1.33 bits per heavy atom. The maximum Gasteiger partial charge on any atom is 0.180 e. The van der Waals surface area contributed by atoms with E-state index < -0.39 is 10.4 Å². The molecule has 1 rings (SSSR count). The lowest BCUT2D eigenvalue weighted by Gasteiger charge is -2.27. The number of alkyl halides is 2. The summed E-state index contributed by atoms with van der Waals surface area (Å²) >= 11 is 28.1. The minimum atomic E-state index is -1.77. The summed E-state index contributed by atoms with van der Waals surface area (Å²) in [6.07, 6.45) is 1.14. The lowest BCUT2D eigenvalue weighted by molar-refractivity contribution is 0.183. The molecule has 1 nitrogen and oxygen atoms in total. The summed E-state index contributed by atoms with van der Waals surface area (Å²) in [5, 5.41) is 6.90. The quantitative estimate of drug-likeness (QED) is 0.668. The average molecular weight is 268 g/mol. The Bertz CT molecular complexity index is 267. The summed E-state index contributed by atoms with van der Waals surface area (Å²) in [5.74, 6) is 0. The van der Waals surface area contributed by atoms with E-state index >= 15 is 0 Å². The summed E-state index contributed by atoms with van der Waals surface area (Å²) in [5.41, 5.74) is 0. The van der Waals surface area contributed by atoms with Gasteiger partial charge >= 0.3 is 0 Å². The lowest BCUT2D eigenvalue weighted by Crippen LogP contribution is -2.33. The topological polar surface area (TPSA) is 20.2 Å². The third-order valence-electron chi connectivity index (χ3n) is 1.33. The smallest absolute Gasteiger partial charge is 0.180 e. The van der Waals surface area contributed by atoms with Crippen molar-refractivity contribution in [2.75, 3.05) is 0 Å². The third kappa shape index (κ3) is 1.87. The molecular formula is C6H3Cl5O. The van der Waals surface area contributed by atoms with Crippen molar-refractivity contribution >= 4 is 58.0 Å². The zero-order valence-corrected chi connectivity index (χ0v) is 9.27. The number of aliphatic hydroxyl groups is 1. The Balaban J connectivity index is 3.15. The van der Waals surface area contributed by atoms with Gasteiger partial charge < -0.3 is 5.11 Å². The molecule has 2 atom stereocenters. The highest BCUT2D eigenvalue weighted by molar-refractivity contribution is 6.52. The fraction of sp³-hybridized carbons (Fsp3) is 0.333. The van der Waals surface area contributed by atoms with Crippen LogP contribution >= 0.6 is 58.0 Å². The second-order valence-electron chi connectivity index (χ2n) is 2.24. The molecule has 68 valence electrons. The molecule has 0 aromatic carbocycles. The van der Waals surface area contributed by atoms with Crippen molar-refractivity contribution in [3.8, 4) is 0 Å². The van der Waals surface area contributed by atoms with Crippen LogP contribution in [-0.4, -0.2) is 15.5 Å². The Morgan fingerprint density at radius 2 is 1.83 bits per heavy atom. The largest absolute Gasteiger partial charge is 0.370 e. The molecule has 0 radical (unpaired) electrons. The van der Waals surface area contributed by atoms with E-state index in [1.807, 2.05) is 0 Å². The molecule has 6 heteroatoms. The van der Waals surface area contributed by atoms with Crippen LogP contribution in [0.4, 0.5) is 0 Å². The highest BCUT2D eigenvalue weighted by Crippen LogP contribution is 2.42. The first-order valence-electron chi connectivity index (χ1n) is 2.85. The van der Waals surface area contributed by atoms with E-state index in [1.165, 1.54) is 0 Å². The van der Waals surface area contributed by atoms with Gasteiger partial charge in [0.05, 0.1) is 15.1 Å². The molecule has 12 heavy (non-hydrogen) atoms. The summed E-state index contributed by atoms with van der Waals surface area (Å²) in [7, 11) is 0. The molecule has 0 aromatic rings. The number of hydrogen-bond acceptors (Lipinski definition) is 1. The Labute approximate surface area is 94.5 Å². The van der Waals surface area contributed by atoms with Gasteiger partial charge in [0.1, 0.15) is 5.38 Å². The van der Waals surface area contributed by atoms with Gasteiger partial charge in [-0.15, -0.1) is 11.6 Å². The van der Waals surface area contributed by atoms with Gasteiger partial charge in [-0.3, -0.25) is 0 Å². The van der Waals surface area contributed by atoms with Crippen molar-refractivity contribution in [1.29, 1.82) is 0 Å².